The number of halogens is 1. The Morgan fingerprint density at radius 3 is 2.84 bits per heavy atom. The molecule has 0 spiro atoms. The summed E-state index contributed by atoms with van der Waals surface area (Å²) < 4.78 is 13.4. The van der Waals surface area contributed by atoms with Crippen LogP contribution in [0.25, 0.3) is 0 Å². The van der Waals surface area contributed by atoms with Crippen molar-refractivity contribution in [2.45, 2.75) is 13.0 Å². The summed E-state index contributed by atoms with van der Waals surface area (Å²) in [6, 6.07) is 7.33. The quantitative estimate of drug-likeness (QED) is 0.899. The summed E-state index contributed by atoms with van der Waals surface area (Å²) in [5.41, 5.74) is 0.985. The maximum atomic E-state index is 13.4. The third kappa shape index (κ3) is 4.18. The van der Waals surface area contributed by atoms with Crippen molar-refractivity contribution in [3.8, 4) is 0 Å². The highest BCUT2D eigenvalue weighted by molar-refractivity contribution is 5.47. The van der Waals surface area contributed by atoms with Gasteiger partial charge in [-0.05, 0) is 44.8 Å². The third-order valence-electron chi connectivity index (χ3n) is 3.49. The Hall–Kier alpha value is -1.13. The largest absolute Gasteiger partial charge is 0.370 e. The van der Waals surface area contributed by atoms with Gasteiger partial charge in [0.25, 0.3) is 0 Å². The van der Waals surface area contributed by atoms with Crippen LogP contribution in [0.2, 0.25) is 0 Å². The van der Waals surface area contributed by atoms with E-state index in [1.807, 2.05) is 6.07 Å². The lowest BCUT2D eigenvalue weighted by atomic mass is 10.1. The van der Waals surface area contributed by atoms with Crippen molar-refractivity contribution in [3.63, 3.8) is 0 Å². The Morgan fingerprint density at radius 2 is 2.16 bits per heavy atom. The fourth-order valence-electron chi connectivity index (χ4n) is 2.66. The molecule has 106 valence electrons. The molecule has 1 aromatic carbocycles. The van der Waals surface area contributed by atoms with Crippen molar-refractivity contribution in [1.82, 2.24) is 10.2 Å². The first-order chi connectivity index (χ1) is 9.04. The smallest absolute Gasteiger partial charge is 0.125 e. The van der Waals surface area contributed by atoms with Gasteiger partial charge in [-0.15, -0.1) is 0 Å². The predicted octanol–water partition coefficient (Wildman–Crippen LogP) is 1.80. The Bertz CT molecular complexity index is 408. The molecule has 1 aromatic rings. The van der Waals surface area contributed by atoms with Gasteiger partial charge >= 0.3 is 0 Å². The van der Waals surface area contributed by atoms with Gasteiger partial charge < -0.3 is 15.1 Å². The van der Waals surface area contributed by atoms with E-state index in [1.165, 1.54) is 6.07 Å². The van der Waals surface area contributed by atoms with Crippen LogP contribution in [0.3, 0.4) is 0 Å². The third-order valence-corrected chi connectivity index (χ3v) is 3.49. The first-order valence-corrected chi connectivity index (χ1v) is 6.93. The number of hydrogen-bond donors (Lipinski definition) is 1. The van der Waals surface area contributed by atoms with Gasteiger partial charge in [-0.3, -0.25) is 0 Å². The van der Waals surface area contributed by atoms with Crippen molar-refractivity contribution in [3.05, 3.63) is 30.1 Å². The zero-order chi connectivity index (χ0) is 13.8. The van der Waals surface area contributed by atoms with Gasteiger partial charge in [0.15, 0.2) is 0 Å². The molecule has 0 aromatic heterocycles. The molecular weight excluding hydrogens is 241 g/mol. The van der Waals surface area contributed by atoms with E-state index in [-0.39, 0.29) is 5.82 Å². The number of benzene rings is 1. The number of nitrogens with zero attached hydrogens (tertiary/aromatic N) is 2. The summed E-state index contributed by atoms with van der Waals surface area (Å²) >= 11 is 0. The van der Waals surface area contributed by atoms with Gasteiger partial charge in [0, 0.05) is 31.4 Å². The summed E-state index contributed by atoms with van der Waals surface area (Å²) in [6.07, 6.45) is 0. The molecule has 0 amide bonds. The van der Waals surface area contributed by atoms with Crippen LogP contribution in [0.15, 0.2) is 24.3 Å². The van der Waals surface area contributed by atoms with E-state index in [4.69, 9.17) is 0 Å². The zero-order valence-corrected chi connectivity index (χ0v) is 12.1. The summed E-state index contributed by atoms with van der Waals surface area (Å²) in [5, 5.41) is 3.60. The van der Waals surface area contributed by atoms with Crippen LogP contribution >= 0.6 is 0 Å². The zero-order valence-electron chi connectivity index (χ0n) is 12.1. The number of nitrogens with one attached hydrogen (secondary N) is 1. The lowest BCUT2D eigenvalue weighted by Crippen LogP contribution is -2.44. The highest BCUT2D eigenvalue weighted by Crippen LogP contribution is 2.19. The van der Waals surface area contributed by atoms with Gasteiger partial charge in [-0.1, -0.05) is 13.0 Å². The molecular formula is C15H24FN3. The molecule has 1 saturated heterocycles. The van der Waals surface area contributed by atoms with Gasteiger partial charge in [0.1, 0.15) is 5.82 Å². The van der Waals surface area contributed by atoms with Crippen molar-refractivity contribution in [1.29, 1.82) is 0 Å². The Morgan fingerprint density at radius 1 is 1.37 bits per heavy atom. The molecule has 2 atom stereocenters. The summed E-state index contributed by atoms with van der Waals surface area (Å²) in [6.45, 7) is 6.15. The molecule has 0 saturated carbocycles. The molecule has 0 radical (unpaired) electrons. The van der Waals surface area contributed by atoms with Crippen LogP contribution in [0.5, 0.6) is 0 Å². The molecule has 2 unspecified atom stereocenters. The normalized spacial score (nSPS) is 24.6. The Balaban J connectivity index is 2.12. The number of anilines is 1. The van der Waals surface area contributed by atoms with E-state index in [0.29, 0.717) is 12.0 Å². The van der Waals surface area contributed by atoms with E-state index >= 15 is 0 Å². The first-order valence-electron chi connectivity index (χ1n) is 6.93. The molecule has 3 nitrogen and oxygen atoms in total. The average Bonchev–Trinajstić information content (AvgIpc) is 2.51. The molecule has 19 heavy (non-hydrogen) atoms. The number of likely N-dealkylation sites (N-methyl/N-ethyl adjacent to an activating group) is 1. The van der Waals surface area contributed by atoms with Crippen LogP contribution in [-0.4, -0.2) is 51.2 Å². The van der Waals surface area contributed by atoms with Gasteiger partial charge in [0.2, 0.25) is 0 Å². The van der Waals surface area contributed by atoms with E-state index in [2.05, 4.69) is 36.1 Å². The van der Waals surface area contributed by atoms with Crippen LogP contribution in [0.1, 0.15) is 6.92 Å². The molecule has 2 rings (SSSR count). The highest BCUT2D eigenvalue weighted by Gasteiger charge is 2.22. The maximum absolute atomic E-state index is 13.4. The van der Waals surface area contributed by atoms with Gasteiger partial charge in [-0.2, -0.15) is 0 Å². The molecule has 0 bridgehead atoms. The van der Waals surface area contributed by atoms with Crippen molar-refractivity contribution < 1.29 is 4.39 Å². The predicted molar refractivity (Wildman–Crippen MR) is 78.1 cm³/mol. The number of hydrogen-bond acceptors (Lipinski definition) is 3. The Kier molecular flexibility index (Phi) is 4.77. The van der Waals surface area contributed by atoms with Crippen LogP contribution in [0, 0.1) is 11.7 Å². The molecule has 4 heteroatoms. The van der Waals surface area contributed by atoms with Crippen LogP contribution in [0.4, 0.5) is 10.1 Å². The fourth-order valence-corrected chi connectivity index (χ4v) is 2.66. The van der Waals surface area contributed by atoms with Crippen LogP contribution < -0.4 is 10.2 Å². The van der Waals surface area contributed by atoms with E-state index in [1.54, 1.807) is 12.1 Å². The summed E-state index contributed by atoms with van der Waals surface area (Å²) in [7, 11) is 4.17. The second-order valence-corrected chi connectivity index (χ2v) is 5.86. The van der Waals surface area contributed by atoms with Crippen molar-refractivity contribution in [2.24, 2.45) is 5.92 Å². The molecule has 1 aliphatic rings. The SMILES string of the molecule is CC1CNC(CN(C)C)CN(c2cccc(F)c2)C1. The minimum absolute atomic E-state index is 0.161. The maximum Gasteiger partial charge on any atom is 0.125 e. The second kappa shape index (κ2) is 6.35. The molecule has 1 N–H and O–H groups in total. The molecule has 1 aliphatic heterocycles. The minimum Gasteiger partial charge on any atom is -0.370 e. The van der Waals surface area contributed by atoms with Gasteiger partial charge in [-0.25, -0.2) is 4.39 Å². The summed E-state index contributed by atoms with van der Waals surface area (Å²) in [4.78, 5) is 4.49. The van der Waals surface area contributed by atoms with E-state index in [0.717, 1.165) is 31.9 Å². The van der Waals surface area contributed by atoms with E-state index < -0.39 is 0 Å². The minimum atomic E-state index is -0.161. The molecule has 1 fully saturated rings. The van der Waals surface area contributed by atoms with Crippen molar-refractivity contribution in [2.75, 3.05) is 45.2 Å². The second-order valence-electron chi connectivity index (χ2n) is 5.86. The summed E-state index contributed by atoms with van der Waals surface area (Å²) in [5.74, 6) is 0.405. The average molecular weight is 265 g/mol. The number of rotatable bonds is 3. The highest BCUT2D eigenvalue weighted by atomic mass is 19.1. The lowest BCUT2D eigenvalue weighted by Gasteiger charge is -2.28. The van der Waals surface area contributed by atoms with E-state index in [9.17, 15) is 4.39 Å². The van der Waals surface area contributed by atoms with Crippen LogP contribution in [-0.2, 0) is 0 Å². The van der Waals surface area contributed by atoms with Gasteiger partial charge in [0.05, 0.1) is 0 Å². The van der Waals surface area contributed by atoms with Crippen molar-refractivity contribution >= 4 is 5.69 Å². The topological polar surface area (TPSA) is 18.5 Å². The molecule has 1 heterocycles. The monoisotopic (exact) mass is 265 g/mol. The lowest BCUT2D eigenvalue weighted by molar-refractivity contribution is 0.342. The standard InChI is InChI=1S/C15H24FN3/c1-12-8-17-14(10-18(2)3)11-19(9-12)15-6-4-5-13(16)7-15/h4-7,12,14,17H,8-11H2,1-3H3. The fraction of sp³-hybridized carbons (Fsp3) is 0.600. The first kappa shape index (κ1) is 14.3. The molecule has 0 aliphatic carbocycles. The Labute approximate surface area is 115 Å².